The minimum Gasteiger partial charge on any atom is -0.415 e. The van der Waals surface area contributed by atoms with Gasteiger partial charge in [0.15, 0.2) is 8.32 Å². The highest BCUT2D eigenvalue weighted by Crippen LogP contribution is 2.37. The van der Waals surface area contributed by atoms with Gasteiger partial charge < -0.3 is 4.43 Å². The number of rotatable bonds is 3. The average Bonchev–Trinajstić information content (AvgIpc) is 2.46. The van der Waals surface area contributed by atoms with Crippen molar-refractivity contribution in [3.63, 3.8) is 0 Å². The second-order valence-electron chi connectivity index (χ2n) is 5.42. The first-order chi connectivity index (χ1) is 6.72. The highest BCUT2D eigenvalue weighted by atomic mass is 79.9. The molecule has 0 saturated carbocycles. The summed E-state index contributed by atoms with van der Waals surface area (Å²) in [5, 5.41) is 0.291. The van der Waals surface area contributed by atoms with Crippen LogP contribution in [0.2, 0.25) is 18.1 Å². The molecular formula is C10H20BrNOSSi. The van der Waals surface area contributed by atoms with Crippen LogP contribution in [0.15, 0.2) is 4.99 Å². The SMILES string of the molecule is CC(C)(C)[Si](C)(C)OCC1CSC(Br)=N1. The van der Waals surface area contributed by atoms with Crippen molar-refractivity contribution in [1.29, 1.82) is 0 Å². The number of hydrogen-bond acceptors (Lipinski definition) is 3. The van der Waals surface area contributed by atoms with Gasteiger partial charge in [-0.15, -0.1) is 0 Å². The molecule has 0 aromatic carbocycles. The Hall–Kier alpha value is 0.677. The topological polar surface area (TPSA) is 21.6 Å². The van der Waals surface area contributed by atoms with E-state index in [1.807, 2.05) is 0 Å². The molecule has 5 heteroatoms. The fourth-order valence-corrected chi connectivity index (χ4v) is 3.44. The second kappa shape index (κ2) is 4.90. The first-order valence-corrected chi connectivity index (χ1v) is 9.91. The summed E-state index contributed by atoms with van der Waals surface area (Å²) in [7, 11) is -1.59. The highest BCUT2D eigenvalue weighted by Gasteiger charge is 2.37. The molecule has 0 saturated heterocycles. The van der Waals surface area contributed by atoms with E-state index in [2.05, 4.69) is 54.8 Å². The van der Waals surface area contributed by atoms with Gasteiger partial charge in [-0.2, -0.15) is 0 Å². The Balaban J connectivity index is 2.43. The second-order valence-corrected chi connectivity index (χ2v) is 12.5. The summed E-state index contributed by atoms with van der Waals surface area (Å²) in [6.07, 6.45) is 0. The van der Waals surface area contributed by atoms with E-state index in [9.17, 15) is 0 Å². The van der Waals surface area contributed by atoms with Crippen LogP contribution in [0.5, 0.6) is 0 Å². The van der Waals surface area contributed by atoms with Gasteiger partial charge in [-0.05, 0) is 34.1 Å². The Morgan fingerprint density at radius 1 is 1.53 bits per heavy atom. The van der Waals surface area contributed by atoms with Crippen LogP contribution in [-0.4, -0.2) is 30.7 Å². The summed E-state index contributed by atoms with van der Waals surface area (Å²) >= 11 is 5.17. The van der Waals surface area contributed by atoms with Gasteiger partial charge in [0, 0.05) is 5.75 Å². The van der Waals surface area contributed by atoms with Crippen molar-refractivity contribution in [2.45, 2.75) is 44.9 Å². The molecule has 1 aliphatic heterocycles. The zero-order valence-electron chi connectivity index (χ0n) is 10.1. The number of halogens is 1. The summed E-state index contributed by atoms with van der Waals surface area (Å²) < 4.78 is 7.14. The molecule has 0 spiro atoms. The normalized spacial score (nSPS) is 23.1. The van der Waals surface area contributed by atoms with E-state index in [1.165, 1.54) is 0 Å². The predicted molar refractivity (Wildman–Crippen MR) is 75.8 cm³/mol. The first kappa shape index (κ1) is 13.7. The van der Waals surface area contributed by atoms with Gasteiger partial charge in [-0.3, -0.25) is 4.99 Å². The average molecular weight is 310 g/mol. The van der Waals surface area contributed by atoms with E-state index in [-0.39, 0.29) is 0 Å². The van der Waals surface area contributed by atoms with E-state index in [4.69, 9.17) is 4.43 Å². The molecule has 1 atom stereocenters. The molecule has 1 rings (SSSR count). The van der Waals surface area contributed by atoms with Crippen LogP contribution < -0.4 is 0 Å². The molecule has 1 aliphatic rings. The molecule has 2 nitrogen and oxygen atoms in total. The van der Waals surface area contributed by atoms with Crippen LogP contribution in [0.4, 0.5) is 0 Å². The molecule has 15 heavy (non-hydrogen) atoms. The van der Waals surface area contributed by atoms with Crippen LogP contribution >= 0.6 is 27.7 Å². The number of hydrogen-bond donors (Lipinski definition) is 0. The lowest BCUT2D eigenvalue weighted by molar-refractivity contribution is 0.273. The van der Waals surface area contributed by atoms with Gasteiger partial charge in [-0.1, -0.05) is 32.5 Å². The molecule has 0 radical (unpaired) electrons. The third-order valence-electron chi connectivity index (χ3n) is 3.12. The minimum absolute atomic E-state index is 0.291. The van der Waals surface area contributed by atoms with Crippen molar-refractivity contribution in [2.24, 2.45) is 4.99 Å². The lowest BCUT2D eigenvalue weighted by Gasteiger charge is -2.36. The smallest absolute Gasteiger partial charge is 0.192 e. The maximum atomic E-state index is 6.12. The molecule has 0 bridgehead atoms. The van der Waals surface area contributed by atoms with Crippen molar-refractivity contribution in [3.8, 4) is 0 Å². The third-order valence-corrected chi connectivity index (χ3v) is 9.41. The minimum atomic E-state index is -1.59. The van der Waals surface area contributed by atoms with E-state index in [0.29, 0.717) is 11.1 Å². The van der Waals surface area contributed by atoms with Crippen molar-refractivity contribution >= 4 is 40.0 Å². The van der Waals surface area contributed by atoms with E-state index < -0.39 is 8.32 Å². The van der Waals surface area contributed by atoms with E-state index >= 15 is 0 Å². The largest absolute Gasteiger partial charge is 0.415 e. The Morgan fingerprint density at radius 2 is 2.13 bits per heavy atom. The van der Waals surface area contributed by atoms with Gasteiger partial charge in [0.1, 0.15) is 3.95 Å². The summed E-state index contributed by atoms with van der Waals surface area (Å²) in [6.45, 7) is 12.1. The molecule has 0 aliphatic carbocycles. The fourth-order valence-electron chi connectivity index (χ4n) is 0.989. The van der Waals surface area contributed by atoms with Crippen molar-refractivity contribution in [1.82, 2.24) is 0 Å². The molecule has 0 amide bonds. The molecule has 88 valence electrons. The van der Waals surface area contributed by atoms with Crippen LogP contribution in [0.25, 0.3) is 0 Å². The van der Waals surface area contributed by atoms with Crippen LogP contribution in [0.1, 0.15) is 20.8 Å². The fraction of sp³-hybridized carbons (Fsp3) is 0.900. The van der Waals surface area contributed by atoms with E-state index in [0.717, 1.165) is 16.3 Å². The standard InChI is InChI=1S/C10H20BrNOSSi/c1-10(2,3)15(4,5)13-6-8-7-14-9(11)12-8/h8H,6-7H2,1-5H3. The molecule has 1 heterocycles. The van der Waals surface area contributed by atoms with Crippen LogP contribution in [-0.2, 0) is 4.43 Å². The molecule has 0 fully saturated rings. The van der Waals surface area contributed by atoms with Gasteiger partial charge >= 0.3 is 0 Å². The number of aliphatic imine (C=N–C) groups is 1. The monoisotopic (exact) mass is 309 g/mol. The lowest BCUT2D eigenvalue weighted by atomic mass is 10.2. The van der Waals surface area contributed by atoms with Gasteiger partial charge in [0.05, 0.1) is 12.6 Å². The lowest BCUT2D eigenvalue weighted by Crippen LogP contribution is -2.42. The van der Waals surface area contributed by atoms with Crippen molar-refractivity contribution < 1.29 is 4.43 Å². The maximum Gasteiger partial charge on any atom is 0.192 e. The molecule has 0 aromatic rings. The van der Waals surface area contributed by atoms with Crippen molar-refractivity contribution in [2.75, 3.05) is 12.4 Å². The summed E-state index contributed by atoms with van der Waals surface area (Å²) in [6, 6.07) is 0.346. The zero-order chi connectivity index (χ0) is 11.7. The summed E-state index contributed by atoms with van der Waals surface area (Å²) in [4.78, 5) is 4.47. The quantitative estimate of drug-likeness (QED) is 0.738. The predicted octanol–water partition coefficient (Wildman–Crippen LogP) is 3.87. The number of nitrogens with zero attached hydrogens (tertiary/aromatic N) is 1. The van der Waals surface area contributed by atoms with E-state index in [1.54, 1.807) is 11.8 Å². The summed E-state index contributed by atoms with van der Waals surface area (Å²) in [5.41, 5.74) is 0. The Kier molecular flexibility index (Phi) is 4.49. The summed E-state index contributed by atoms with van der Waals surface area (Å²) in [5.74, 6) is 1.05. The number of thioether (sulfide) groups is 1. The van der Waals surface area contributed by atoms with Crippen LogP contribution in [0, 0.1) is 0 Å². The zero-order valence-corrected chi connectivity index (χ0v) is 13.5. The van der Waals surface area contributed by atoms with Crippen LogP contribution in [0.3, 0.4) is 0 Å². The van der Waals surface area contributed by atoms with Gasteiger partial charge in [0.25, 0.3) is 0 Å². The third kappa shape index (κ3) is 3.87. The molecular weight excluding hydrogens is 290 g/mol. The molecule has 0 N–H and O–H groups in total. The van der Waals surface area contributed by atoms with Crippen molar-refractivity contribution in [3.05, 3.63) is 0 Å². The van der Waals surface area contributed by atoms with Gasteiger partial charge in [0.2, 0.25) is 0 Å². The Labute approximate surface area is 107 Å². The molecule has 1 unspecified atom stereocenters. The maximum absolute atomic E-state index is 6.12. The van der Waals surface area contributed by atoms with Gasteiger partial charge in [-0.25, -0.2) is 0 Å². The molecule has 0 aromatic heterocycles. The highest BCUT2D eigenvalue weighted by molar-refractivity contribution is 9.22. The first-order valence-electron chi connectivity index (χ1n) is 5.22. The Bertz CT molecular complexity index is 263. The Morgan fingerprint density at radius 3 is 2.53 bits per heavy atom.